The fourth-order valence-corrected chi connectivity index (χ4v) is 3.34. The van der Waals surface area contributed by atoms with Crippen LogP contribution in [0.2, 0.25) is 5.15 Å². The zero-order chi connectivity index (χ0) is 18.8. The van der Waals surface area contributed by atoms with Gasteiger partial charge in [-0.05, 0) is 30.7 Å². The lowest BCUT2D eigenvalue weighted by Gasteiger charge is -2.08. The van der Waals surface area contributed by atoms with E-state index in [1.54, 1.807) is 18.3 Å². The average molecular weight is 377 g/mol. The molecule has 0 aliphatic heterocycles. The van der Waals surface area contributed by atoms with Gasteiger partial charge >= 0.3 is 0 Å². The van der Waals surface area contributed by atoms with Gasteiger partial charge in [0, 0.05) is 18.0 Å². The largest absolute Gasteiger partial charge is 0.325 e. The van der Waals surface area contributed by atoms with Crippen LogP contribution in [-0.2, 0) is 13.0 Å². The van der Waals surface area contributed by atoms with Gasteiger partial charge in [-0.2, -0.15) is 10.4 Å². The van der Waals surface area contributed by atoms with Crippen LogP contribution in [0.3, 0.4) is 0 Å². The van der Waals surface area contributed by atoms with E-state index in [4.69, 9.17) is 21.8 Å². The Labute approximate surface area is 161 Å². The maximum Gasteiger partial charge on any atom is 0.154 e. The molecular formula is C20H17ClN6. The van der Waals surface area contributed by atoms with Gasteiger partial charge in [-0.25, -0.2) is 14.5 Å². The number of nitriles is 1. The molecule has 0 bridgehead atoms. The highest BCUT2D eigenvalue weighted by atomic mass is 35.5. The summed E-state index contributed by atoms with van der Waals surface area (Å²) in [5.41, 5.74) is 4.30. The van der Waals surface area contributed by atoms with Crippen molar-refractivity contribution in [3.05, 3.63) is 70.9 Å². The Hall–Kier alpha value is -3.17. The maximum atomic E-state index is 9.15. The highest BCUT2D eigenvalue weighted by molar-refractivity contribution is 6.29. The van der Waals surface area contributed by atoms with Crippen molar-refractivity contribution in [2.75, 3.05) is 0 Å². The third-order valence-corrected chi connectivity index (χ3v) is 4.59. The number of hydrogen-bond acceptors (Lipinski definition) is 4. The number of rotatable bonds is 5. The minimum absolute atomic E-state index is 0.445. The van der Waals surface area contributed by atoms with Gasteiger partial charge in [-0.3, -0.25) is 0 Å². The van der Waals surface area contributed by atoms with Gasteiger partial charge in [0.1, 0.15) is 11.0 Å². The zero-order valence-corrected chi connectivity index (χ0v) is 15.6. The number of hydrogen-bond donors (Lipinski definition) is 0. The summed E-state index contributed by atoms with van der Waals surface area (Å²) in [6.45, 7) is 2.70. The van der Waals surface area contributed by atoms with E-state index >= 15 is 0 Å². The van der Waals surface area contributed by atoms with E-state index < -0.39 is 0 Å². The summed E-state index contributed by atoms with van der Waals surface area (Å²) in [6.07, 6.45) is 5.53. The van der Waals surface area contributed by atoms with Crippen molar-refractivity contribution in [3.63, 3.8) is 0 Å². The second kappa shape index (κ2) is 7.22. The molecule has 0 fully saturated rings. The van der Waals surface area contributed by atoms with Gasteiger partial charge < -0.3 is 4.57 Å². The average Bonchev–Trinajstić information content (AvgIpc) is 3.27. The predicted octanol–water partition coefficient (Wildman–Crippen LogP) is 4.12. The van der Waals surface area contributed by atoms with Crippen LogP contribution in [0.1, 0.15) is 30.3 Å². The van der Waals surface area contributed by atoms with Crippen molar-refractivity contribution < 1.29 is 0 Å². The van der Waals surface area contributed by atoms with Crippen molar-refractivity contribution in [2.45, 2.75) is 26.3 Å². The molecule has 0 aliphatic rings. The summed E-state index contributed by atoms with van der Waals surface area (Å²) in [7, 11) is 0. The van der Waals surface area contributed by atoms with Crippen LogP contribution in [0.25, 0.3) is 17.0 Å². The Kier molecular flexibility index (Phi) is 4.61. The maximum absolute atomic E-state index is 9.15. The van der Waals surface area contributed by atoms with Crippen molar-refractivity contribution >= 4 is 17.2 Å². The first-order chi connectivity index (χ1) is 13.2. The van der Waals surface area contributed by atoms with Crippen molar-refractivity contribution in [1.82, 2.24) is 24.1 Å². The lowest BCUT2D eigenvalue weighted by molar-refractivity contribution is 0.744. The van der Waals surface area contributed by atoms with Crippen LogP contribution < -0.4 is 0 Å². The normalized spacial score (nSPS) is 11.0. The van der Waals surface area contributed by atoms with E-state index in [2.05, 4.69) is 23.1 Å². The molecule has 4 aromatic rings. The Morgan fingerprint density at radius 2 is 2.11 bits per heavy atom. The zero-order valence-electron chi connectivity index (χ0n) is 14.8. The van der Waals surface area contributed by atoms with Crippen LogP contribution in [-0.4, -0.2) is 24.1 Å². The fraction of sp³-hybridized carbons (Fsp3) is 0.200. The van der Waals surface area contributed by atoms with Gasteiger partial charge in [0.25, 0.3) is 0 Å². The van der Waals surface area contributed by atoms with Crippen LogP contribution in [0, 0.1) is 11.3 Å². The first kappa shape index (κ1) is 17.3. The Bertz CT molecular complexity index is 1150. The number of fused-ring (bicyclic) bond motifs is 1. The number of aryl methyl sites for hydroxylation is 1. The van der Waals surface area contributed by atoms with E-state index in [1.807, 2.05) is 39.5 Å². The molecular weight excluding hydrogens is 360 g/mol. The molecule has 0 amide bonds. The van der Waals surface area contributed by atoms with Gasteiger partial charge in [-0.1, -0.05) is 37.1 Å². The smallest absolute Gasteiger partial charge is 0.154 e. The van der Waals surface area contributed by atoms with Crippen molar-refractivity contribution in [3.8, 4) is 17.5 Å². The molecule has 0 spiro atoms. The highest BCUT2D eigenvalue weighted by Crippen LogP contribution is 2.22. The topological polar surface area (TPSA) is 71.8 Å². The van der Waals surface area contributed by atoms with Gasteiger partial charge in [0.15, 0.2) is 5.65 Å². The number of halogens is 1. The number of aromatic nitrogens is 5. The molecule has 134 valence electrons. The first-order valence-corrected chi connectivity index (χ1v) is 9.12. The summed E-state index contributed by atoms with van der Waals surface area (Å²) < 4.78 is 3.87. The summed E-state index contributed by atoms with van der Waals surface area (Å²) >= 11 is 6.08. The van der Waals surface area contributed by atoms with Gasteiger partial charge in [0.2, 0.25) is 0 Å². The van der Waals surface area contributed by atoms with E-state index in [9.17, 15) is 0 Å². The predicted molar refractivity (Wildman–Crippen MR) is 103 cm³/mol. The van der Waals surface area contributed by atoms with E-state index in [0.717, 1.165) is 41.3 Å². The Morgan fingerprint density at radius 1 is 1.22 bits per heavy atom. The monoisotopic (exact) mass is 376 g/mol. The highest BCUT2D eigenvalue weighted by Gasteiger charge is 2.15. The summed E-state index contributed by atoms with van der Waals surface area (Å²) in [5, 5.41) is 14.0. The number of imidazole rings is 2. The summed E-state index contributed by atoms with van der Waals surface area (Å²) in [4.78, 5) is 9.24. The second-order valence-corrected chi connectivity index (χ2v) is 6.64. The molecule has 6 nitrogen and oxygen atoms in total. The summed E-state index contributed by atoms with van der Waals surface area (Å²) in [5.74, 6) is 0.803. The SMILES string of the molecule is CCCc1c(Cn2ccnc2-c2cccc(C#N)c2)nc2ccc(Cl)nn12. The molecule has 0 radical (unpaired) electrons. The minimum Gasteiger partial charge on any atom is -0.325 e. The molecule has 1 aromatic carbocycles. The molecule has 0 saturated heterocycles. The lowest BCUT2D eigenvalue weighted by atomic mass is 10.1. The third-order valence-electron chi connectivity index (χ3n) is 4.39. The Morgan fingerprint density at radius 3 is 2.93 bits per heavy atom. The van der Waals surface area contributed by atoms with Gasteiger partial charge in [-0.15, -0.1) is 0 Å². The van der Waals surface area contributed by atoms with Crippen LogP contribution in [0.5, 0.6) is 0 Å². The fourth-order valence-electron chi connectivity index (χ4n) is 3.20. The van der Waals surface area contributed by atoms with Crippen LogP contribution in [0.15, 0.2) is 48.8 Å². The Balaban J connectivity index is 1.76. The first-order valence-electron chi connectivity index (χ1n) is 8.74. The quantitative estimate of drug-likeness (QED) is 0.525. The van der Waals surface area contributed by atoms with Gasteiger partial charge in [0.05, 0.1) is 29.6 Å². The molecule has 0 aliphatic carbocycles. The molecule has 3 heterocycles. The van der Waals surface area contributed by atoms with Crippen LogP contribution >= 0.6 is 11.6 Å². The molecule has 4 rings (SSSR count). The molecule has 3 aromatic heterocycles. The molecule has 0 saturated carbocycles. The molecule has 0 unspecified atom stereocenters. The molecule has 7 heteroatoms. The lowest BCUT2D eigenvalue weighted by Crippen LogP contribution is -2.06. The standard InChI is InChI=1S/C20H17ClN6/c1-2-4-17-16(24-19-8-7-18(21)25-27(17)19)13-26-10-9-23-20(26)15-6-3-5-14(11-15)12-22/h3,5-11H,2,4,13H2,1H3. The molecule has 0 N–H and O–H groups in total. The van der Waals surface area contributed by atoms with E-state index in [0.29, 0.717) is 17.3 Å². The van der Waals surface area contributed by atoms with Crippen LogP contribution in [0.4, 0.5) is 0 Å². The third kappa shape index (κ3) is 3.29. The number of benzene rings is 1. The van der Waals surface area contributed by atoms with Crippen molar-refractivity contribution in [2.24, 2.45) is 0 Å². The number of nitrogens with zero attached hydrogens (tertiary/aromatic N) is 6. The van der Waals surface area contributed by atoms with Crippen molar-refractivity contribution in [1.29, 1.82) is 5.26 Å². The molecule has 0 atom stereocenters. The second-order valence-electron chi connectivity index (χ2n) is 6.25. The van der Waals surface area contributed by atoms with E-state index in [1.165, 1.54) is 0 Å². The molecule has 27 heavy (non-hydrogen) atoms. The minimum atomic E-state index is 0.445. The van der Waals surface area contributed by atoms with E-state index in [-0.39, 0.29) is 0 Å². The summed E-state index contributed by atoms with van der Waals surface area (Å²) in [6, 6.07) is 13.3.